The van der Waals surface area contributed by atoms with Crippen LogP contribution in [0.25, 0.3) is 11.3 Å². The zero-order chi connectivity index (χ0) is 15.7. The summed E-state index contributed by atoms with van der Waals surface area (Å²) in [7, 11) is 3.30. The average Bonchev–Trinajstić information content (AvgIpc) is 2.90. The normalized spacial score (nSPS) is 13.2. The van der Waals surface area contributed by atoms with Crippen molar-refractivity contribution in [3.05, 3.63) is 29.5 Å². The van der Waals surface area contributed by atoms with Gasteiger partial charge in [-0.2, -0.15) is 5.10 Å². The molecule has 0 aliphatic carbocycles. The number of aromatic carboxylic acids is 1. The topological polar surface area (TPSA) is 82.8 Å². The number of rotatable bonds is 4. The first-order valence-electron chi connectivity index (χ1n) is 6.80. The second kappa shape index (κ2) is 5.69. The molecule has 2 heterocycles. The van der Waals surface area contributed by atoms with E-state index in [2.05, 4.69) is 5.10 Å². The van der Waals surface area contributed by atoms with Gasteiger partial charge in [0, 0.05) is 25.3 Å². The Morgan fingerprint density at radius 3 is 2.86 bits per heavy atom. The standard InChI is InChI=1S/C15H16N2O5/c1-17-12(7-11(16-17)15(18)19)9-3-4-13-14(10(9)8-20-2)22-6-5-21-13/h3-4,7H,5-6,8H2,1-2H3,(H,18,19). The van der Waals surface area contributed by atoms with Crippen LogP contribution in [-0.2, 0) is 18.4 Å². The quantitative estimate of drug-likeness (QED) is 0.925. The molecule has 0 radical (unpaired) electrons. The van der Waals surface area contributed by atoms with Crippen molar-refractivity contribution in [2.75, 3.05) is 20.3 Å². The maximum absolute atomic E-state index is 11.1. The van der Waals surface area contributed by atoms with Crippen molar-refractivity contribution in [2.24, 2.45) is 7.05 Å². The van der Waals surface area contributed by atoms with Gasteiger partial charge < -0.3 is 19.3 Å². The Bertz CT molecular complexity index is 723. The van der Waals surface area contributed by atoms with Gasteiger partial charge in [-0.25, -0.2) is 4.79 Å². The van der Waals surface area contributed by atoms with E-state index in [0.717, 1.165) is 11.1 Å². The number of nitrogens with zero attached hydrogens (tertiary/aromatic N) is 2. The van der Waals surface area contributed by atoms with Gasteiger partial charge in [0.15, 0.2) is 17.2 Å². The number of carbonyl (C=O) groups is 1. The molecule has 0 bridgehead atoms. The van der Waals surface area contributed by atoms with Gasteiger partial charge in [-0.1, -0.05) is 0 Å². The van der Waals surface area contributed by atoms with E-state index < -0.39 is 5.97 Å². The predicted octanol–water partition coefficient (Wildman–Crippen LogP) is 1.70. The Hall–Kier alpha value is -2.54. The summed E-state index contributed by atoms with van der Waals surface area (Å²) in [4.78, 5) is 11.1. The van der Waals surface area contributed by atoms with Gasteiger partial charge in [0.2, 0.25) is 0 Å². The Labute approximate surface area is 127 Å². The molecular weight excluding hydrogens is 288 g/mol. The molecule has 0 fully saturated rings. The summed E-state index contributed by atoms with van der Waals surface area (Å²) in [6.45, 7) is 1.31. The lowest BCUT2D eigenvalue weighted by atomic mass is 10.0. The van der Waals surface area contributed by atoms with Crippen molar-refractivity contribution in [1.29, 1.82) is 0 Å². The minimum Gasteiger partial charge on any atom is -0.486 e. The van der Waals surface area contributed by atoms with Crippen LogP contribution < -0.4 is 9.47 Å². The molecule has 3 rings (SSSR count). The molecule has 0 saturated heterocycles. The van der Waals surface area contributed by atoms with Crippen LogP contribution >= 0.6 is 0 Å². The van der Waals surface area contributed by atoms with E-state index in [9.17, 15) is 4.79 Å². The highest BCUT2D eigenvalue weighted by Gasteiger charge is 2.22. The molecule has 1 aliphatic heterocycles. The highest BCUT2D eigenvalue weighted by atomic mass is 16.6. The first-order chi connectivity index (χ1) is 10.6. The van der Waals surface area contributed by atoms with Gasteiger partial charge in [-0.3, -0.25) is 4.68 Å². The lowest BCUT2D eigenvalue weighted by Gasteiger charge is -2.23. The van der Waals surface area contributed by atoms with Crippen molar-refractivity contribution in [1.82, 2.24) is 9.78 Å². The van der Waals surface area contributed by atoms with Crippen LogP contribution in [0.2, 0.25) is 0 Å². The molecule has 22 heavy (non-hydrogen) atoms. The molecule has 1 aromatic carbocycles. The average molecular weight is 304 g/mol. The fraction of sp³-hybridized carbons (Fsp3) is 0.333. The summed E-state index contributed by atoms with van der Waals surface area (Å²) in [5.74, 6) is 0.249. The van der Waals surface area contributed by atoms with Gasteiger partial charge >= 0.3 is 5.97 Å². The van der Waals surface area contributed by atoms with Crippen LogP contribution in [0, 0.1) is 0 Å². The Kier molecular flexibility index (Phi) is 3.72. The van der Waals surface area contributed by atoms with Crippen LogP contribution in [0.1, 0.15) is 16.1 Å². The number of aryl methyl sites for hydroxylation is 1. The number of benzene rings is 1. The van der Waals surface area contributed by atoms with Crippen LogP contribution in [-0.4, -0.2) is 41.2 Å². The van der Waals surface area contributed by atoms with Crippen molar-refractivity contribution < 1.29 is 24.1 Å². The third-order valence-corrected chi connectivity index (χ3v) is 3.48. The summed E-state index contributed by atoms with van der Waals surface area (Å²) in [5, 5.41) is 13.1. The number of carboxylic acids is 1. The number of carboxylic acid groups (broad SMARTS) is 1. The third kappa shape index (κ3) is 2.39. The van der Waals surface area contributed by atoms with Gasteiger partial charge in [-0.15, -0.1) is 0 Å². The molecule has 2 aromatic rings. The Morgan fingerprint density at radius 1 is 1.41 bits per heavy atom. The molecule has 1 aliphatic rings. The van der Waals surface area contributed by atoms with Crippen LogP contribution in [0.4, 0.5) is 0 Å². The number of hydrogen-bond acceptors (Lipinski definition) is 5. The van der Waals surface area contributed by atoms with E-state index in [1.807, 2.05) is 12.1 Å². The van der Waals surface area contributed by atoms with Crippen LogP contribution in [0.15, 0.2) is 18.2 Å². The largest absolute Gasteiger partial charge is 0.486 e. The fourth-order valence-corrected chi connectivity index (χ4v) is 2.53. The van der Waals surface area contributed by atoms with E-state index in [4.69, 9.17) is 19.3 Å². The van der Waals surface area contributed by atoms with E-state index in [1.165, 1.54) is 10.7 Å². The van der Waals surface area contributed by atoms with Gasteiger partial charge in [0.25, 0.3) is 0 Å². The lowest BCUT2D eigenvalue weighted by Crippen LogP contribution is -2.17. The minimum atomic E-state index is -1.06. The SMILES string of the molecule is COCc1c(-c2cc(C(=O)O)nn2C)ccc2c1OCCO2. The molecule has 0 spiro atoms. The second-order valence-corrected chi connectivity index (χ2v) is 4.89. The van der Waals surface area contributed by atoms with Crippen LogP contribution in [0.5, 0.6) is 11.5 Å². The molecule has 0 amide bonds. The molecule has 0 atom stereocenters. The number of aromatic nitrogens is 2. The van der Waals surface area contributed by atoms with Crippen molar-refractivity contribution in [3.63, 3.8) is 0 Å². The number of methoxy groups -OCH3 is 1. The summed E-state index contributed by atoms with van der Waals surface area (Å²) < 4.78 is 18.1. The van der Waals surface area contributed by atoms with E-state index in [-0.39, 0.29) is 5.69 Å². The van der Waals surface area contributed by atoms with Gasteiger partial charge in [0.05, 0.1) is 12.3 Å². The minimum absolute atomic E-state index is 0.00393. The predicted molar refractivity (Wildman–Crippen MR) is 77.3 cm³/mol. The molecule has 1 N–H and O–H groups in total. The maximum Gasteiger partial charge on any atom is 0.356 e. The van der Waals surface area contributed by atoms with Crippen LogP contribution in [0.3, 0.4) is 0 Å². The van der Waals surface area contributed by atoms with Crippen molar-refractivity contribution in [3.8, 4) is 22.8 Å². The molecule has 0 saturated carbocycles. The Balaban J connectivity index is 2.16. The zero-order valence-corrected chi connectivity index (χ0v) is 12.3. The van der Waals surface area contributed by atoms with Gasteiger partial charge in [-0.05, 0) is 18.2 Å². The maximum atomic E-state index is 11.1. The first-order valence-corrected chi connectivity index (χ1v) is 6.80. The van der Waals surface area contributed by atoms with E-state index in [1.54, 1.807) is 14.2 Å². The molecule has 7 nitrogen and oxygen atoms in total. The summed E-state index contributed by atoms with van der Waals surface area (Å²) in [5.41, 5.74) is 2.31. The highest BCUT2D eigenvalue weighted by Crippen LogP contribution is 2.40. The smallest absolute Gasteiger partial charge is 0.356 e. The lowest BCUT2D eigenvalue weighted by molar-refractivity contribution is 0.0689. The highest BCUT2D eigenvalue weighted by molar-refractivity contribution is 5.87. The molecule has 116 valence electrons. The fourth-order valence-electron chi connectivity index (χ4n) is 2.53. The molecule has 1 aromatic heterocycles. The van der Waals surface area contributed by atoms with Crippen molar-refractivity contribution in [2.45, 2.75) is 6.61 Å². The number of fused-ring (bicyclic) bond motifs is 1. The molecule has 7 heteroatoms. The van der Waals surface area contributed by atoms with E-state index in [0.29, 0.717) is 37.0 Å². The molecule has 0 unspecified atom stereocenters. The molecular formula is C15H16N2O5. The third-order valence-electron chi connectivity index (χ3n) is 3.48. The number of hydrogen-bond donors (Lipinski definition) is 1. The van der Waals surface area contributed by atoms with Gasteiger partial charge in [0.1, 0.15) is 13.2 Å². The summed E-state index contributed by atoms with van der Waals surface area (Å²) in [6, 6.07) is 5.22. The second-order valence-electron chi connectivity index (χ2n) is 4.89. The Morgan fingerprint density at radius 2 is 2.18 bits per heavy atom. The summed E-state index contributed by atoms with van der Waals surface area (Å²) >= 11 is 0. The number of ether oxygens (including phenoxy) is 3. The monoisotopic (exact) mass is 304 g/mol. The summed E-state index contributed by atoms with van der Waals surface area (Å²) in [6.07, 6.45) is 0. The van der Waals surface area contributed by atoms with E-state index >= 15 is 0 Å². The van der Waals surface area contributed by atoms with Crippen molar-refractivity contribution >= 4 is 5.97 Å². The zero-order valence-electron chi connectivity index (χ0n) is 12.3. The first kappa shape index (κ1) is 14.4.